The van der Waals surface area contributed by atoms with Crippen molar-refractivity contribution in [1.82, 2.24) is 4.90 Å². The highest BCUT2D eigenvalue weighted by Gasteiger charge is 2.56. The summed E-state index contributed by atoms with van der Waals surface area (Å²) in [6.45, 7) is 8.43. The second-order valence-electron chi connectivity index (χ2n) is 8.37. The molecule has 2 fully saturated rings. The maximum atomic E-state index is 13.1. The van der Waals surface area contributed by atoms with Gasteiger partial charge in [-0.1, -0.05) is 19.9 Å². The summed E-state index contributed by atoms with van der Waals surface area (Å²) < 4.78 is 5.76. The Bertz CT molecular complexity index is 724. The van der Waals surface area contributed by atoms with Gasteiger partial charge in [0.15, 0.2) is 5.78 Å². The second kappa shape index (κ2) is 8.05. The Morgan fingerprint density at radius 2 is 1.93 bits per heavy atom. The van der Waals surface area contributed by atoms with Crippen molar-refractivity contribution >= 4 is 17.6 Å². The van der Waals surface area contributed by atoms with Gasteiger partial charge in [0, 0.05) is 0 Å². The molecular formula is C20H30N2O6. The van der Waals surface area contributed by atoms with E-state index in [9.17, 15) is 24.6 Å². The summed E-state index contributed by atoms with van der Waals surface area (Å²) in [7, 11) is 0. The van der Waals surface area contributed by atoms with Crippen molar-refractivity contribution in [2.75, 3.05) is 0 Å². The molecule has 4 atom stereocenters. The smallest absolute Gasteiger partial charge is 0.264 e. The fourth-order valence-corrected chi connectivity index (χ4v) is 3.48. The first kappa shape index (κ1) is 22.1. The maximum absolute atomic E-state index is 13.1. The Labute approximate surface area is 165 Å². The van der Waals surface area contributed by atoms with E-state index in [2.05, 4.69) is 0 Å². The van der Waals surface area contributed by atoms with Gasteiger partial charge in [-0.2, -0.15) is 0 Å². The number of Topliss-reactive ketones (excluding diaryl/α,β-unsaturated/α-hetero) is 1. The summed E-state index contributed by atoms with van der Waals surface area (Å²) in [5.74, 6) is -2.45. The van der Waals surface area contributed by atoms with E-state index >= 15 is 0 Å². The number of primary amides is 1. The van der Waals surface area contributed by atoms with E-state index in [-0.39, 0.29) is 11.5 Å². The standard InChI is InChI=1S/C20H30N2O6/c1-10(2)6-7-13(24)15-16(25)17(20(4,5)19(21)27)22(18(15)26)14-9-8-12(23)11(3)28-14/h6-7,10-12,14,17,23-24H,8-9H2,1-5H3,(H2,21,27). The number of likely N-dealkylation sites (tertiary alicyclic amines) is 1. The second-order valence-corrected chi connectivity index (χ2v) is 8.37. The van der Waals surface area contributed by atoms with Crippen molar-refractivity contribution in [2.45, 2.75) is 71.9 Å². The minimum absolute atomic E-state index is 0.104. The number of carbonyl (C=O) groups is 3. The molecule has 0 aromatic heterocycles. The molecule has 2 amide bonds. The molecule has 8 nitrogen and oxygen atoms in total. The number of nitrogens with zero attached hydrogens (tertiary/aromatic N) is 1. The van der Waals surface area contributed by atoms with Crippen LogP contribution in [0.3, 0.4) is 0 Å². The van der Waals surface area contributed by atoms with Gasteiger partial charge in [-0.05, 0) is 45.6 Å². The molecule has 0 spiro atoms. The molecule has 0 saturated carbocycles. The molecule has 0 aliphatic carbocycles. The number of hydrogen-bond acceptors (Lipinski definition) is 6. The first-order valence-corrected chi connectivity index (χ1v) is 9.51. The van der Waals surface area contributed by atoms with Crippen molar-refractivity contribution in [3.8, 4) is 0 Å². The fourth-order valence-electron chi connectivity index (χ4n) is 3.48. The van der Waals surface area contributed by atoms with Crippen molar-refractivity contribution in [3.63, 3.8) is 0 Å². The van der Waals surface area contributed by atoms with Crippen LogP contribution in [-0.2, 0) is 19.1 Å². The quantitative estimate of drug-likeness (QED) is 0.365. The van der Waals surface area contributed by atoms with E-state index in [1.165, 1.54) is 24.8 Å². The summed E-state index contributed by atoms with van der Waals surface area (Å²) in [5.41, 5.74) is 3.76. The molecule has 0 aromatic carbocycles. The zero-order valence-corrected chi connectivity index (χ0v) is 17.0. The van der Waals surface area contributed by atoms with Crippen molar-refractivity contribution < 1.29 is 29.3 Å². The molecule has 0 aromatic rings. The minimum atomic E-state index is -1.38. The number of rotatable bonds is 5. The lowest BCUT2D eigenvalue weighted by Gasteiger charge is -2.42. The number of amides is 2. The third kappa shape index (κ3) is 3.98. The number of allylic oxidation sites excluding steroid dienone is 2. The van der Waals surface area contributed by atoms with Crippen LogP contribution in [0.5, 0.6) is 0 Å². The van der Waals surface area contributed by atoms with Gasteiger partial charge in [0.25, 0.3) is 5.91 Å². The lowest BCUT2D eigenvalue weighted by molar-refractivity contribution is -0.185. The number of aliphatic hydroxyl groups is 2. The zero-order valence-electron chi connectivity index (χ0n) is 17.0. The topological polar surface area (TPSA) is 130 Å². The van der Waals surface area contributed by atoms with Crippen LogP contribution in [0.2, 0.25) is 0 Å². The number of aliphatic hydroxyl groups excluding tert-OH is 2. The third-order valence-corrected chi connectivity index (χ3v) is 5.37. The lowest BCUT2D eigenvalue weighted by Crippen LogP contribution is -2.57. The summed E-state index contributed by atoms with van der Waals surface area (Å²) in [6, 6.07) is -1.20. The van der Waals surface area contributed by atoms with Crippen molar-refractivity contribution in [1.29, 1.82) is 0 Å². The fraction of sp³-hybridized carbons (Fsp3) is 0.650. The molecule has 0 radical (unpaired) electrons. The maximum Gasteiger partial charge on any atom is 0.264 e. The Hall–Kier alpha value is -2.19. The van der Waals surface area contributed by atoms with E-state index in [4.69, 9.17) is 10.5 Å². The van der Waals surface area contributed by atoms with Crippen LogP contribution in [0.25, 0.3) is 0 Å². The molecule has 2 aliphatic rings. The SMILES string of the molecule is CC(C)C=CC(O)=C1C(=O)C(C(C)(C)C(N)=O)N(C2CCC(O)C(C)O2)C1=O. The molecular weight excluding hydrogens is 364 g/mol. The van der Waals surface area contributed by atoms with E-state index in [1.54, 1.807) is 13.0 Å². The first-order chi connectivity index (χ1) is 12.9. The Balaban J connectivity index is 2.53. The predicted octanol–water partition coefficient (Wildman–Crippen LogP) is 1.19. The number of ether oxygens (including phenoxy) is 1. The highest BCUT2D eigenvalue weighted by molar-refractivity contribution is 6.28. The van der Waals surface area contributed by atoms with E-state index in [1.807, 2.05) is 13.8 Å². The molecule has 28 heavy (non-hydrogen) atoms. The van der Waals surface area contributed by atoms with Crippen LogP contribution in [0.15, 0.2) is 23.5 Å². The molecule has 2 saturated heterocycles. The highest BCUT2D eigenvalue weighted by atomic mass is 16.5. The third-order valence-electron chi connectivity index (χ3n) is 5.37. The summed E-state index contributed by atoms with van der Waals surface area (Å²) >= 11 is 0. The van der Waals surface area contributed by atoms with E-state index in [0.717, 1.165) is 0 Å². The largest absolute Gasteiger partial charge is 0.507 e. The zero-order chi connectivity index (χ0) is 21.4. The molecule has 4 unspecified atom stereocenters. The Morgan fingerprint density at radius 1 is 1.32 bits per heavy atom. The molecule has 0 bridgehead atoms. The monoisotopic (exact) mass is 394 g/mol. The van der Waals surface area contributed by atoms with Crippen LogP contribution in [0.1, 0.15) is 47.5 Å². The van der Waals surface area contributed by atoms with Crippen LogP contribution in [0.4, 0.5) is 0 Å². The summed E-state index contributed by atoms with van der Waals surface area (Å²) in [6.07, 6.45) is 1.64. The number of nitrogens with two attached hydrogens (primary N) is 1. The van der Waals surface area contributed by atoms with Crippen LogP contribution in [0, 0.1) is 11.3 Å². The number of carbonyl (C=O) groups excluding carboxylic acids is 3. The van der Waals surface area contributed by atoms with Gasteiger partial charge in [-0.3, -0.25) is 14.4 Å². The minimum Gasteiger partial charge on any atom is -0.507 e. The van der Waals surface area contributed by atoms with E-state index in [0.29, 0.717) is 12.8 Å². The number of hydrogen-bond donors (Lipinski definition) is 3. The number of ketones is 1. The van der Waals surface area contributed by atoms with Gasteiger partial charge in [-0.15, -0.1) is 0 Å². The van der Waals surface area contributed by atoms with Gasteiger partial charge in [0.1, 0.15) is 23.6 Å². The molecule has 8 heteroatoms. The molecule has 156 valence electrons. The highest BCUT2D eigenvalue weighted by Crippen LogP contribution is 2.39. The summed E-state index contributed by atoms with van der Waals surface area (Å²) in [5, 5.41) is 20.3. The average molecular weight is 394 g/mol. The van der Waals surface area contributed by atoms with Crippen molar-refractivity contribution in [2.24, 2.45) is 17.1 Å². The molecule has 2 heterocycles. The van der Waals surface area contributed by atoms with E-state index < -0.39 is 53.2 Å². The van der Waals surface area contributed by atoms with Crippen molar-refractivity contribution in [3.05, 3.63) is 23.5 Å². The van der Waals surface area contributed by atoms with Gasteiger partial charge in [0.2, 0.25) is 5.91 Å². The van der Waals surface area contributed by atoms with Gasteiger partial charge < -0.3 is 25.6 Å². The average Bonchev–Trinajstić information content (AvgIpc) is 2.86. The van der Waals surface area contributed by atoms with Crippen LogP contribution in [-0.4, -0.2) is 57.2 Å². The lowest BCUT2D eigenvalue weighted by atomic mass is 9.80. The van der Waals surface area contributed by atoms with Gasteiger partial charge in [0.05, 0.1) is 17.6 Å². The van der Waals surface area contributed by atoms with Gasteiger partial charge in [-0.25, -0.2) is 0 Å². The Kier molecular flexibility index (Phi) is 6.35. The Morgan fingerprint density at radius 3 is 2.43 bits per heavy atom. The molecule has 2 aliphatic heterocycles. The molecule has 4 N–H and O–H groups in total. The van der Waals surface area contributed by atoms with Gasteiger partial charge >= 0.3 is 0 Å². The predicted molar refractivity (Wildman–Crippen MR) is 102 cm³/mol. The summed E-state index contributed by atoms with van der Waals surface area (Å²) in [4.78, 5) is 39.5. The first-order valence-electron chi connectivity index (χ1n) is 9.51. The molecule has 2 rings (SSSR count). The van der Waals surface area contributed by atoms with Crippen LogP contribution < -0.4 is 5.73 Å². The normalized spacial score (nSPS) is 31.2. The van der Waals surface area contributed by atoms with Crippen LogP contribution >= 0.6 is 0 Å².